The second-order valence-electron chi connectivity index (χ2n) is 4.87. The minimum Gasteiger partial charge on any atom is -0.495 e. The molecule has 2 aromatic rings. The standard InChI is InChI=1S/C17H17BrClNO3/c1-22-15-10-16(23-2)14(9-13(15)19)20-17(21)7-6-11-4-3-5-12(18)8-11/h3-5,8-10H,6-7H2,1-2H3,(H,20,21). The maximum absolute atomic E-state index is 12.2. The lowest BCUT2D eigenvalue weighted by Gasteiger charge is -2.13. The Labute approximate surface area is 148 Å². The number of carbonyl (C=O) groups is 1. The van der Waals surface area contributed by atoms with Gasteiger partial charge in [0.1, 0.15) is 11.5 Å². The van der Waals surface area contributed by atoms with Crippen molar-refractivity contribution >= 4 is 39.1 Å². The summed E-state index contributed by atoms with van der Waals surface area (Å²) in [6, 6.07) is 11.2. The number of amides is 1. The fourth-order valence-electron chi connectivity index (χ4n) is 2.12. The molecule has 1 N–H and O–H groups in total. The first kappa shape index (κ1) is 17.6. The third-order valence-electron chi connectivity index (χ3n) is 3.28. The number of ether oxygens (including phenoxy) is 2. The Morgan fingerprint density at radius 2 is 1.91 bits per heavy atom. The largest absolute Gasteiger partial charge is 0.495 e. The molecule has 0 bridgehead atoms. The molecule has 0 saturated carbocycles. The van der Waals surface area contributed by atoms with Crippen molar-refractivity contribution in [3.05, 3.63) is 51.5 Å². The van der Waals surface area contributed by atoms with Gasteiger partial charge in [0.2, 0.25) is 5.91 Å². The number of hydrogen-bond donors (Lipinski definition) is 1. The lowest BCUT2D eigenvalue weighted by Crippen LogP contribution is -2.13. The Balaban J connectivity index is 2.03. The Bertz CT molecular complexity index is 706. The molecule has 6 heteroatoms. The van der Waals surface area contributed by atoms with E-state index in [-0.39, 0.29) is 5.91 Å². The number of carbonyl (C=O) groups excluding carboxylic acids is 1. The van der Waals surface area contributed by atoms with Crippen LogP contribution in [0.2, 0.25) is 5.02 Å². The first-order chi connectivity index (χ1) is 11.0. The molecule has 0 aromatic heterocycles. The number of anilines is 1. The van der Waals surface area contributed by atoms with Crippen molar-refractivity contribution in [2.24, 2.45) is 0 Å². The van der Waals surface area contributed by atoms with Crippen molar-refractivity contribution in [3.63, 3.8) is 0 Å². The molecule has 0 aliphatic heterocycles. The van der Waals surface area contributed by atoms with Crippen LogP contribution in [-0.2, 0) is 11.2 Å². The van der Waals surface area contributed by atoms with Gasteiger partial charge in [-0.3, -0.25) is 4.79 Å². The van der Waals surface area contributed by atoms with E-state index in [1.807, 2.05) is 24.3 Å². The van der Waals surface area contributed by atoms with Crippen LogP contribution in [0.4, 0.5) is 5.69 Å². The van der Waals surface area contributed by atoms with Gasteiger partial charge in [-0.2, -0.15) is 0 Å². The summed E-state index contributed by atoms with van der Waals surface area (Å²) >= 11 is 9.51. The van der Waals surface area contributed by atoms with E-state index < -0.39 is 0 Å². The summed E-state index contributed by atoms with van der Waals surface area (Å²) in [4.78, 5) is 12.2. The van der Waals surface area contributed by atoms with Crippen LogP contribution >= 0.6 is 27.5 Å². The Morgan fingerprint density at radius 3 is 2.57 bits per heavy atom. The first-order valence-electron chi connectivity index (χ1n) is 6.99. The van der Waals surface area contributed by atoms with Gasteiger partial charge in [0, 0.05) is 17.0 Å². The quantitative estimate of drug-likeness (QED) is 0.768. The highest BCUT2D eigenvalue weighted by atomic mass is 79.9. The third kappa shape index (κ3) is 4.88. The molecule has 0 heterocycles. The van der Waals surface area contributed by atoms with Crippen molar-refractivity contribution in [2.75, 3.05) is 19.5 Å². The fraction of sp³-hybridized carbons (Fsp3) is 0.235. The molecule has 1 amide bonds. The molecule has 0 unspecified atom stereocenters. The summed E-state index contributed by atoms with van der Waals surface area (Å²) in [6.07, 6.45) is 1.01. The van der Waals surface area contributed by atoms with Gasteiger partial charge in [0.15, 0.2) is 0 Å². The second kappa shape index (κ2) is 8.22. The number of halogens is 2. The van der Waals surface area contributed by atoms with E-state index in [0.717, 1.165) is 10.0 Å². The van der Waals surface area contributed by atoms with E-state index >= 15 is 0 Å². The van der Waals surface area contributed by atoms with Crippen molar-refractivity contribution < 1.29 is 14.3 Å². The molecule has 2 rings (SSSR count). The summed E-state index contributed by atoms with van der Waals surface area (Å²) in [5.41, 5.74) is 1.62. The minimum atomic E-state index is -0.107. The van der Waals surface area contributed by atoms with Crippen LogP contribution in [0, 0.1) is 0 Å². The van der Waals surface area contributed by atoms with Crippen LogP contribution in [-0.4, -0.2) is 20.1 Å². The molecule has 0 fully saturated rings. The van der Waals surface area contributed by atoms with Gasteiger partial charge in [0.25, 0.3) is 0 Å². The third-order valence-corrected chi connectivity index (χ3v) is 4.07. The topological polar surface area (TPSA) is 47.6 Å². The molecular weight excluding hydrogens is 382 g/mol. The lowest BCUT2D eigenvalue weighted by atomic mass is 10.1. The van der Waals surface area contributed by atoms with Crippen LogP contribution in [0.3, 0.4) is 0 Å². The molecule has 0 spiro atoms. The summed E-state index contributed by atoms with van der Waals surface area (Å²) in [7, 11) is 3.05. The average Bonchev–Trinajstić information content (AvgIpc) is 2.53. The second-order valence-corrected chi connectivity index (χ2v) is 6.19. The van der Waals surface area contributed by atoms with Gasteiger partial charge in [-0.25, -0.2) is 0 Å². The highest BCUT2D eigenvalue weighted by Crippen LogP contribution is 2.35. The lowest BCUT2D eigenvalue weighted by molar-refractivity contribution is -0.116. The van der Waals surface area contributed by atoms with Crippen molar-refractivity contribution in [1.82, 2.24) is 0 Å². The zero-order chi connectivity index (χ0) is 16.8. The molecule has 0 aliphatic rings. The monoisotopic (exact) mass is 397 g/mol. The predicted octanol–water partition coefficient (Wildman–Crippen LogP) is 4.69. The van der Waals surface area contributed by atoms with Gasteiger partial charge >= 0.3 is 0 Å². The number of benzene rings is 2. The fourth-order valence-corrected chi connectivity index (χ4v) is 2.81. The van der Waals surface area contributed by atoms with E-state index in [1.54, 1.807) is 12.1 Å². The molecule has 4 nitrogen and oxygen atoms in total. The van der Waals surface area contributed by atoms with Crippen LogP contribution < -0.4 is 14.8 Å². The van der Waals surface area contributed by atoms with Gasteiger partial charge in [-0.15, -0.1) is 0 Å². The number of aryl methyl sites for hydroxylation is 1. The summed E-state index contributed by atoms with van der Waals surface area (Å²) in [6.45, 7) is 0. The van der Waals surface area contributed by atoms with Crippen LogP contribution in [0.5, 0.6) is 11.5 Å². The van der Waals surface area contributed by atoms with Gasteiger partial charge < -0.3 is 14.8 Å². The Kier molecular flexibility index (Phi) is 6.30. The number of rotatable bonds is 6. The van der Waals surface area contributed by atoms with E-state index in [4.69, 9.17) is 21.1 Å². The van der Waals surface area contributed by atoms with E-state index in [2.05, 4.69) is 21.2 Å². The van der Waals surface area contributed by atoms with Crippen molar-refractivity contribution in [1.29, 1.82) is 0 Å². The highest BCUT2D eigenvalue weighted by molar-refractivity contribution is 9.10. The van der Waals surface area contributed by atoms with E-state index in [1.165, 1.54) is 14.2 Å². The molecule has 23 heavy (non-hydrogen) atoms. The zero-order valence-corrected chi connectivity index (χ0v) is 15.2. The van der Waals surface area contributed by atoms with E-state index in [9.17, 15) is 4.79 Å². The number of nitrogens with one attached hydrogen (secondary N) is 1. The van der Waals surface area contributed by atoms with E-state index in [0.29, 0.717) is 35.1 Å². The van der Waals surface area contributed by atoms with Crippen molar-refractivity contribution in [2.45, 2.75) is 12.8 Å². The minimum absolute atomic E-state index is 0.107. The summed E-state index contributed by atoms with van der Waals surface area (Å²) < 4.78 is 11.4. The average molecular weight is 399 g/mol. The predicted molar refractivity (Wildman–Crippen MR) is 95.6 cm³/mol. The maximum Gasteiger partial charge on any atom is 0.224 e. The molecule has 122 valence electrons. The molecule has 0 aliphatic carbocycles. The van der Waals surface area contributed by atoms with Crippen molar-refractivity contribution in [3.8, 4) is 11.5 Å². The van der Waals surface area contributed by atoms with Crippen LogP contribution in [0.25, 0.3) is 0 Å². The molecular formula is C17H17BrClNO3. The summed E-state index contributed by atoms with van der Waals surface area (Å²) in [5, 5.41) is 3.24. The molecule has 0 atom stereocenters. The van der Waals surface area contributed by atoms with Gasteiger partial charge in [-0.05, 0) is 30.2 Å². The molecule has 0 radical (unpaired) electrons. The summed E-state index contributed by atoms with van der Waals surface area (Å²) in [5.74, 6) is 0.891. The molecule has 2 aromatic carbocycles. The normalized spacial score (nSPS) is 10.3. The number of methoxy groups -OCH3 is 2. The van der Waals surface area contributed by atoms with Crippen LogP contribution in [0.15, 0.2) is 40.9 Å². The molecule has 0 saturated heterocycles. The number of hydrogen-bond acceptors (Lipinski definition) is 3. The van der Waals surface area contributed by atoms with Gasteiger partial charge in [-0.1, -0.05) is 39.7 Å². The highest BCUT2D eigenvalue weighted by Gasteiger charge is 2.12. The zero-order valence-electron chi connectivity index (χ0n) is 12.9. The van der Waals surface area contributed by atoms with Gasteiger partial charge in [0.05, 0.1) is 24.9 Å². The maximum atomic E-state index is 12.2. The Hall–Kier alpha value is -1.72. The van der Waals surface area contributed by atoms with Crippen LogP contribution in [0.1, 0.15) is 12.0 Å². The SMILES string of the molecule is COc1cc(OC)c(NC(=O)CCc2cccc(Br)c2)cc1Cl. The first-order valence-corrected chi connectivity index (χ1v) is 8.16. The Morgan fingerprint density at radius 1 is 1.17 bits per heavy atom. The smallest absolute Gasteiger partial charge is 0.224 e.